The Labute approximate surface area is 112 Å². The lowest BCUT2D eigenvalue weighted by atomic mass is 10.0. The van der Waals surface area contributed by atoms with Crippen LogP contribution in [0.3, 0.4) is 0 Å². The third kappa shape index (κ3) is 2.09. The zero-order valence-electron chi connectivity index (χ0n) is 10.7. The number of nitrogens with zero attached hydrogens (tertiary/aromatic N) is 1. The van der Waals surface area contributed by atoms with Crippen LogP contribution in [0.2, 0.25) is 0 Å². The van der Waals surface area contributed by atoms with E-state index in [1.807, 2.05) is 42.5 Å². The van der Waals surface area contributed by atoms with Crippen LogP contribution in [-0.4, -0.2) is 4.98 Å². The molecular formula is C18H13N. The molecule has 1 heteroatoms. The van der Waals surface area contributed by atoms with Gasteiger partial charge >= 0.3 is 0 Å². The number of aryl methyl sites for hydroxylation is 1. The number of rotatable bonds is 1. The quantitative estimate of drug-likeness (QED) is 0.584. The van der Waals surface area contributed by atoms with E-state index in [0.29, 0.717) is 0 Å². The molecule has 0 aliphatic heterocycles. The predicted octanol–water partition coefficient (Wildman–Crippen LogP) is 4.19. The SMILES string of the molecule is C#Cc1cc2cc(C)ccc2nc1-c1ccccc1. The summed E-state index contributed by atoms with van der Waals surface area (Å²) in [7, 11) is 0. The molecule has 90 valence electrons. The van der Waals surface area contributed by atoms with Gasteiger partial charge in [0.1, 0.15) is 0 Å². The maximum absolute atomic E-state index is 5.63. The monoisotopic (exact) mass is 243 g/mol. The van der Waals surface area contributed by atoms with Crippen molar-refractivity contribution in [3.8, 4) is 23.6 Å². The van der Waals surface area contributed by atoms with Crippen molar-refractivity contribution in [3.63, 3.8) is 0 Å². The molecule has 3 aromatic rings. The molecule has 0 saturated carbocycles. The van der Waals surface area contributed by atoms with Crippen LogP contribution in [0, 0.1) is 19.3 Å². The summed E-state index contributed by atoms with van der Waals surface area (Å²) in [5, 5.41) is 1.09. The lowest BCUT2D eigenvalue weighted by Gasteiger charge is -2.07. The Morgan fingerprint density at radius 3 is 2.53 bits per heavy atom. The molecule has 0 unspecified atom stereocenters. The largest absolute Gasteiger partial charge is 0.246 e. The smallest absolute Gasteiger partial charge is 0.0865 e. The molecule has 0 saturated heterocycles. The molecule has 0 spiro atoms. The average Bonchev–Trinajstić information content (AvgIpc) is 2.46. The fraction of sp³-hybridized carbons (Fsp3) is 0.0556. The molecule has 0 radical (unpaired) electrons. The van der Waals surface area contributed by atoms with E-state index in [4.69, 9.17) is 11.4 Å². The Morgan fingerprint density at radius 1 is 1.00 bits per heavy atom. The highest BCUT2D eigenvalue weighted by Crippen LogP contribution is 2.25. The fourth-order valence-corrected chi connectivity index (χ4v) is 2.22. The lowest BCUT2D eigenvalue weighted by Crippen LogP contribution is -1.91. The Balaban J connectivity index is 2.31. The van der Waals surface area contributed by atoms with Gasteiger partial charge in [-0.15, -0.1) is 6.42 Å². The fourth-order valence-electron chi connectivity index (χ4n) is 2.22. The summed E-state index contributed by atoms with van der Waals surface area (Å²) in [6, 6.07) is 18.3. The van der Waals surface area contributed by atoms with Crippen molar-refractivity contribution in [1.82, 2.24) is 4.98 Å². The summed E-state index contributed by atoms with van der Waals surface area (Å²) < 4.78 is 0. The Bertz CT molecular complexity index is 780. The van der Waals surface area contributed by atoms with Crippen LogP contribution >= 0.6 is 0 Å². The summed E-state index contributed by atoms with van der Waals surface area (Å²) in [6.07, 6.45) is 5.63. The van der Waals surface area contributed by atoms with Crippen molar-refractivity contribution >= 4 is 10.9 Å². The van der Waals surface area contributed by atoms with Crippen molar-refractivity contribution in [2.75, 3.05) is 0 Å². The molecule has 2 aromatic carbocycles. The number of benzene rings is 2. The minimum Gasteiger partial charge on any atom is -0.246 e. The zero-order valence-corrected chi connectivity index (χ0v) is 10.7. The number of aromatic nitrogens is 1. The van der Waals surface area contributed by atoms with Crippen molar-refractivity contribution < 1.29 is 0 Å². The Morgan fingerprint density at radius 2 is 1.79 bits per heavy atom. The van der Waals surface area contributed by atoms with E-state index in [1.54, 1.807) is 0 Å². The van der Waals surface area contributed by atoms with Gasteiger partial charge in [-0.25, -0.2) is 4.98 Å². The van der Waals surface area contributed by atoms with E-state index in [1.165, 1.54) is 5.56 Å². The molecule has 0 N–H and O–H groups in total. The molecule has 1 nitrogen and oxygen atoms in total. The first-order valence-electron chi connectivity index (χ1n) is 6.21. The highest BCUT2D eigenvalue weighted by molar-refractivity contribution is 5.85. The Kier molecular flexibility index (Phi) is 2.78. The van der Waals surface area contributed by atoms with E-state index in [0.717, 1.165) is 27.7 Å². The van der Waals surface area contributed by atoms with Gasteiger partial charge in [-0.2, -0.15) is 0 Å². The number of hydrogen-bond acceptors (Lipinski definition) is 1. The van der Waals surface area contributed by atoms with Crippen LogP contribution in [0.25, 0.3) is 22.2 Å². The van der Waals surface area contributed by atoms with Gasteiger partial charge in [-0.05, 0) is 25.1 Å². The number of fused-ring (bicyclic) bond motifs is 1. The molecule has 1 aromatic heterocycles. The topological polar surface area (TPSA) is 12.9 Å². The van der Waals surface area contributed by atoms with E-state index in [-0.39, 0.29) is 0 Å². The summed E-state index contributed by atoms with van der Waals surface area (Å²) >= 11 is 0. The van der Waals surface area contributed by atoms with Gasteiger partial charge in [0.15, 0.2) is 0 Å². The summed E-state index contributed by atoms with van der Waals surface area (Å²) in [5.74, 6) is 2.74. The van der Waals surface area contributed by atoms with E-state index < -0.39 is 0 Å². The van der Waals surface area contributed by atoms with Gasteiger partial charge in [0.2, 0.25) is 0 Å². The standard InChI is InChI=1S/C18H13N/c1-3-14-12-16-11-13(2)9-10-17(16)19-18(14)15-7-5-4-6-8-15/h1,4-12H,2H3. The van der Waals surface area contributed by atoms with Gasteiger partial charge in [0.05, 0.1) is 16.8 Å². The Hall–Kier alpha value is -2.59. The van der Waals surface area contributed by atoms with Gasteiger partial charge in [-0.3, -0.25) is 0 Å². The van der Waals surface area contributed by atoms with E-state index in [2.05, 4.69) is 25.0 Å². The summed E-state index contributed by atoms with van der Waals surface area (Å²) in [6.45, 7) is 2.07. The molecule has 19 heavy (non-hydrogen) atoms. The number of pyridine rings is 1. The maximum atomic E-state index is 5.63. The normalized spacial score (nSPS) is 10.3. The minimum atomic E-state index is 0.837. The molecule has 0 aliphatic carbocycles. The first kappa shape index (κ1) is 11.5. The lowest BCUT2D eigenvalue weighted by molar-refractivity contribution is 1.37. The van der Waals surface area contributed by atoms with Gasteiger partial charge in [0, 0.05) is 10.9 Å². The van der Waals surface area contributed by atoms with Crippen LogP contribution in [0.4, 0.5) is 0 Å². The molecule has 0 amide bonds. The second kappa shape index (κ2) is 4.59. The number of hydrogen-bond donors (Lipinski definition) is 0. The molecule has 0 fully saturated rings. The summed E-state index contributed by atoms with van der Waals surface area (Å²) in [5.41, 5.74) is 4.95. The van der Waals surface area contributed by atoms with Crippen LogP contribution in [0.15, 0.2) is 54.6 Å². The van der Waals surface area contributed by atoms with Crippen LogP contribution in [-0.2, 0) is 0 Å². The van der Waals surface area contributed by atoms with Crippen molar-refractivity contribution in [3.05, 3.63) is 65.7 Å². The van der Waals surface area contributed by atoms with E-state index in [9.17, 15) is 0 Å². The number of terminal acetylenes is 1. The molecular weight excluding hydrogens is 230 g/mol. The molecule has 0 atom stereocenters. The first-order valence-corrected chi connectivity index (χ1v) is 6.21. The molecule has 1 heterocycles. The van der Waals surface area contributed by atoms with Gasteiger partial charge in [0.25, 0.3) is 0 Å². The van der Waals surface area contributed by atoms with E-state index >= 15 is 0 Å². The van der Waals surface area contributed by atoms with Crippen molar-refractivity contribution in [2.45, 2.75) is 6.92 Å². The highest BCUT2D eigenvalue weighted by atomic mass is 14.7. The zero-order chi connectivity index (χ0) is 13.2. The molecule has 0 aliphatic rings. The second-order valence-electron chi connectivity index (χ2n) is 4.59. The van der Waals surface area contributed by atoms with Crippen LogP contribution in [0.5, 0.6) is 0 Å². The minimum absolute atomic E-state index is 0.837. The van der Waals surface area contributed by atoms with Crippen LogP contribution < -0.4 is 0 Å². The third-order valence-electron chi connectivity index (χ3n) is 3.17. The first-order chi connectivity index (χ1) is 9.28. The summed E-state index contributed by atoms with van der Waals surface area (Å²) in [4.78, 5) is 4.71. The average molecular weight is 243 g/mol. The van der Waals surface area contributed by atoms with Gasteiger partial charge < -0.3 is 0 Å². The van der Waals surface area contributed by atoms with Crippen LogP contribution in [0.1, 0.15) is 11.1 Å². The van der Waals surface area contributed by atoms with Crippen molar-refractivity contribution in [2.24, 2.45) is 0 Å². The maximum Gasteiger partial charge on any atom is 0.0865 e. The van der Waals surface area contributed by atoms with Crippen molar-refractivity contribution in [1.29, 1.82) is 0 Å². The molecule has 0 bridgehead atoms. The third-order valence-corrected chi connectivity index (χ3v) is 3.17. The second-order valence-corrected chi connectivity index (χ2v) is 4.59. The van der Waals surface area contributed by atoms with Gasteiger partial charge in [-0.1, -0.05) is 47.9 Å². The molecule has 3 rings (SSSR count). The highest BCUT2D eigenvalue weighted by Gasteiger charge is 2.07. The predicted molar refractivity (Wildman–Crippen MR) is 79.9 cm³/mol.